The summed E-state index contributed by atoms with van der Waals surface area (Å²) in [6.45, 7) is 2.27. The van der Waals surface area contributed by atoms with Gasteiger partial charge in [0.1, 0.15) is 23.4 Å². The maximum atomic E-state index is 13.5. The molecule has 1 aromatic heterocycles. The van der Waals surface area contributed by atoms with Crippen molar-refractivity contribution in [3.63, 3.8) is 0 Å². The minimum atomic E-state index is -3.32. The van der Waals surface area contributed by atoms with Crippen LogP contribution in [0.3, 0.4) is 0 Å². The summed E-state index contributed by atoms with van der Waals surface area (Å²) < 4.78 is 44.0. The molecule has 5 N–H and O–H groups in total. The number of aromatic nitrogens is 2. The Hall–Kier alpha value is -3.61. The summed E-state index contributed by atoms with van der Waals surface area (Å²) in [7, 11) is -3.32. The van der Waals surface area contributed by atoms with Gasteiger partial charge in [-0.2, -0.15) is 0 Å². The van der Waals surface area contributed by atoms with Crippen molar-refractivity contribution in [2.24, 2.45) is 0 Å². The van der Waals surface area contributed by atoms with E-state index in [0.29, 0.717) is 42.0 Å². The Labute approximate surface area is 220 Å². The minimum absolute atomic E-state index is 0. The highest BCUT2D eigenvalue weighted by atomic mass is 32.2. The van der Waals surface area contributed by atoms with Gasteiger partial charge >= 0.3 is 5.97 Å². The summed E-state index contributed by atoms with van der Waals surface area (Å²) in [6.07, 6.45) is 0.620. The number of nitrogens with one attached hydrogen (secondary N) is 1. The molecule has 3 aromatic rings. The van der Waals surface area contributed by atoms with E-state index in [1.807, 2.05) is 4.57 Å². The highest BCUT2D eigenvalue weighted by Crippen LogP contribution is 2.25. The number of hydrogen-bond donors (Lipinski definition) is 3. The zero-order chi connectivity index (χ0) is 26.7. The van der Waals surface area contributed by atoms with E-state index in [-0.39, 0.29) is 29.7 Å². The smallest absolute Gasteiger partial charge is 0.308 e. The first-order valence-electron chi connectivity index (χ1n) is 11.8. The molecule has 1 fully saturated rings. The predicted octanol–water partition coefficient (Wildman–Crippen LogP) is 2.95. The topological polar surface area (TPSA) is 163 Å². The van der Waals surface area contributed by atoms with Crippen LogP contribution in [0.15, 0.2) is 53.4 Å². The number of ether oxygens (including phenoxy) is 1. The number of esters is 1. The van der Waals surface area contributed by atoms with Gasteiger partial charge in [-0.05, 0) is 48.9 Å². The van der Waals surface area contributed by atoms with Crippen molar-refractivity contribution in [2.45, 2.75) is 56.4 Å². The Balaban J connectivity index is 0.00000400. The average molecular weight is 547 g/mol. The second kappa shape index (κ2) is 11.8. The number of cyclic esters (lactones) is 1. The van der Waals surface area contributed by atoms with Gasteiger partial charge in [0, 0.05) is 43.4 Å². The maximum absolute atomic E-state index is 13.5. The van der Waals surface area contributed by atoms with E-state index in [2.05, 4.69) is 10.3 Å². The molecule has 12 heteroatoms. The van der Waals surface area contributed by atoms with Crippen LogP contribution in [-0.2, 0) is 32.5 Å². The number of aliphatic hydroxyl groups excluding tert-OH is 1. The van der Waals surface area contributed by atoms with Gasteiger partial charge in [-0.15, -0.1) is 0 Å². The van der Waals surface area contributed by atoms with E-state index in [4.69, 9.17) is 4.74 Å². The lowest BCUT2D eigenvalue weighted by molar-refractivity contribution is -0.160. The van der Waals surface area contributed by atoms with Crippen LogP contribution in [0.5, 0.6) is 0 Å². The highest BCUT2D eigenvalue weighted by molar-refractivity contribution is 7.90. The number of rotatable bonds is 8. The van der Waals surface area contributed by atoms with Gasteiger partial charge in [-0.3, -0.25) is 9.59 Å². The number of carbonyl (C=O) groups excluding carboxylic acids is 2. The lowest BCUT2D eigenvalue weighted by atomic mass is 10.0. The zero-order valence-electron chi connectivity index (χ0n) is 21.2. The fourth-order valence-corrected chi connectivity index (χ4v) is 4.90. The Kier molecular flexibility index (Phi) is 9.02. The van der Waals surface area contributed by atoms with Gasteiger partial charge in [-0.25, -0.2) is 17.8 Å². The number of carbonyl (C=O) groups is 2. The Morgan fingerprint density at radius 1 is 1.18 bits per heavy atom. The van der Waals surface area contributed by atoms with Gasteiger partial charge in [0.15, 0.2) is 9.84 Å². The molecule has 2 atom stereocenters. The van der Waals surface area contributed by atoms with Gasteiger partial charge < -0.3 is 25.9 Å². The number of hydrogen-bond acceptors (Lipinski definition) is 8. The molecule has 4 rings (SSSR count). The van der Waals surface area contributed by atoms with Crippen LogP contribution in [0.25, 0.3) is 11.4 Å². The summed E-state index contributed by atoms with van der Waals surface area (Å²) >= 11 is 0. The lowest BCUT2D eigenvalue weighted by Gasteiger charge is -2.26. The van der Waals surface area contributed by atoms with Crippen LogP contribution >= 0.6 is 0 Å². The largest absolute Gasteiger partial charge is 0.462 e. The monoisotopic (exact) mass is 546 g/mol. The van der Waals surface area contributed by atoms with Crippen molar-refractivity contribution >= 4 is 21.7 Å². The highest BCUT2D eigenvalue weighted by Gasteiger charge is 2.28. The second-order valence-corrected chi connectivity index (χ2v) is 11.1. The quantitative estimate of drug-likeness (QED) is 0.363. The zero-order valence-corrected chi connectivity index (χ0v) is 22.0. The fourth-order valence-electron chi connectivity index (χ4n) is 4.27. The minimum Gasteiger partial charge on any atom is -0.462 e. The summed E-state index contributed by atoms with van der Waals surface area (Å²) in [6, 6.07) is 12.0. The van der Waals surface area contributed by atoms with Crippen LogP contribution < -0.4 is 11.5 Å². The first-order chi connectivity index (χ1) is 17.5. The normalized spacial score (nSPS) is 17.4. The first kappa shape index (κ1) is 29.0. The predicted molar refractivity (Wildman–Crippen MR) is 138 cm³/mol. The summed E-state index contributed by atoms with van der Waals surface area (Å²) in [5.74, 6) is -0.815. The molecule has 10 nitrogen and oxygen atoms in total. The molecule has 0 unspecified atom stereocenters. The average Bonchev–Trinajstić information content (AvgIpc) is 3.17. The Morgan fingerprint density at radius 2 is 1.84 bits per heavy atom. The van der Waals surface area contributed by atoms with Crippen molar-refractivity contribution in [3.8, 4) is 11.4 Å². The number of benzene rings is 2. The summed E-state index contributed by atoms with van der Waals surface area (Å²) in [5, 5.41) is 12.7. The molecule has 38 heavy (non-hydrogen) atoms. The van der Waals surface area contributed by atoms with Crippen molar-refractivity contribution < 1.29 is 32.2 Å². The van der Waals surface area contributed by atoms with E-state index in [1.165, 1.54) is 24.3 Å². The van der Waals surface area contributed by atoms with E-state index in [0.717, 1.165) is 6.26 Å². The third kappa shape index (κ3) is 6.82. The third-order valence-electron chi connectivity index (χ3n) is 6.25. The number of imidazole rings is 1. The third-order valence-corrected chi connectivity index (χ3v) is 7.38. The Bertz CT molecular complexity index is 1400. The molecule has 2 aromatic carbocycles. The van der Waals surface area contributed by atoms with E-state index in [1.54, 1.807) is 31.2 Å². The van der Waals surface area contributed by atoms with Crippen LogP contribution in [0, 0.1) is 12.7 Å². The molecule has 0 radical (unpaired) electrons. The number of nitrogens with zero attached hydrogens (tertiary/aromatic N) is 2. The van der Waals surface area contributed by atoms with Gasteiger partial charge in [0.05, 0.1) is 17.4 Å². The van der Waals surface area contributed by atoms with E-state index >= 15 is 0 Å². The summed E-state index contributed by atoms with van der Waals surface area (Å²) in [5.41, 5.74) is 2.09. The molecule has 1 aliphatic heterocycles. The maximum Gasteiger partial charge on any atom is 0.308 e. The molecule has 1 aliphatic rings. The number of halogens is 1. The van der Waals surface area contributed by atoms with Gasteiger partial charge in [0.2, 0.25) is 0 Å². The Morgan fingerprint density at radius 3 is 2.45 bits per heavy atom. The molecular weight excluding hydrogens is 515 g/mol. The fraction of sp³-hybridized carbons (Fsp3) is 0.346. The molecule has 0 aliphatic carbocycles. The molecule has 1 saturated heterocycles. The molecule has 2 heterocycles. The van der Waals surface area contributed by atoms with Crippen molar-refractivity contribution in [1.29, 1.82) is 0 Å². The SMILES string of the molecule is Cc1c(C(=O)NCc2ccc(S(C)(=O)=O)cc2)nc(-c2ccc(F)cc2)n1CC[C@@H]1C[C@@H](O)CC(=O)O1.N. The van der Waals surface area contributed by atoms with Crippen LogP contribution in [0.2, 0.25) is 0 Å². The summed E-state index contributed by atoms with van der Waals surface area (Å²) in [4.78, 5) is 29.5. The molecular formula is C26H31FN4O6S. The first-order valence-corrected chi connectivity index (χ1v) is 13.7. The van der Waals surface area contributed by atoms with E-state index < -0.39 is 39.7 Å². The molecule has 0 spiro atoms. The second-order valence-electron chi connectivity index (χ2n) is 9.12. The molecule has 1 amide bonds. The molecule has 0 saturated carbocycles. The van der Waals surface area contributed by atoms with Crippen LogP contribution in [0.1, 0.15) is 41.0 Å². The van der Waals surface area contributed by atoms with Crippen molar-refractivity contribution in [2.75, 3.05) is 6.26 Å². The van der Waals surface area contributed by atoms with Gasteiger partial charge in [-0.1, -0.05) is 12.1 Å². The molecule has 204 valence electrons. The van der Waals surface area contributed by atoms with E-state index in [9.17, 15) is 27.5 Å². The number of amides is 1. The standard InChI is InChI=1S/C26H28FN3O6S.H3N/c1-16-24(26(33)28-15-17-3-9-22(10-4-17)37(2,34)35)29-25(18-5-7-19(27)8-6-18)30(16)12-11-21-13-20(31)14-23(32)36-21;/h3-10,20-21,31H,11-15H2,1-2H3,(H,28,33);1H3/t20-,21-;/m1./s1. The van der Waals surface area contributed by atoms with Gasteiger partial charge in [0.25, 0.3) is 5.91 Å². The van der Waals surface area contributed by atoms with Crippen molar-refractivity contribution in [1.82, 2.24) is 21.0 Å². The van der Waals surface area contributed by atoms with Crippen LogP contribution in [-0.4, -0.2) is 53.4 Å². The van der Waals surface area contributed by atoms with Crippen molar-refractivity contribution in [3.05, 3.63) is 71.3 Å². The lowest BCUT2D eigenvalue weighted by Crippen LogP contribution is -2.33. The van der Waals surface area contributed by atoms with Crippen LogP contribution in [0.4, 0.5) is 4.39 Å². The number of aliphatic hydroxyl groups is 1. The molecule has 0 bridgehead atoms. The number of sulfone groups is 1.